The van der Waals surface area contributed by atoms with Gasteiger partial charge in [0.2, 0.25) is 0 Å². The molecular formula is C10H8BrFN2O4S3. The number of benzene rings is 1. The Hall–Kier alpha value is -1.04. The molecule has 0 spiro atoms. The fraction of sp³-hybridized carbons (Fsp3) is 0.100. The van der Waals surface area contributed by atoms with E-state index in [1.54, 1.807) is 0 Å². The van der Waals surface area contributed by atoms with E-state index >= 15 is 0 Å². The molecule has 0 saturated heterocycles. The zero-order valence-corrected chi connectivity index (χ0v) is 14.4. The number of anilines is 1. The van der Waals surface area contributed by atoms with E-state index in [0.29, 0.717) is 3.79 Å². The van der Waals surface area contributed by atoms with E-state index in [2.05, 4.69) is 25.6 Å². The first-order valence-corrected chi connectivity index (χ1v) is 10.2. The molecule has 21 heavy (non-hydrogen) atoms. The lowest BCUT2D eigenvalue weighted by molar-refractivity contribution is 0.567. The molecule has 0 radical (unpaired) electrons. The van der Waals surface area contributed by atoms with E-state index in [1.165, 1.54) is 6.20 Å². The van der Waals surface area contributed by atoms with Crippen molar-refractivity contribution in [1.29, 1.82) is 0 Å². The molecule has 0 fully saturated rings. The van der Waals surface area contributed by atoms with Crippen LogP contribution in [0, 0.1) is 5.82 Å². The number of aromatic nitrogens is 1. The molecule has 0 aliphatic rings. The van der Waals surface area contributed by atoms with Crippen LogP contribution in [0.4, 0.5) is 9.52 Å². The van der Waals surface area contributed by atoms with Crippen LogP contribution in [-0.4, -0.2) is 28.1 Å². The lowest BCUT2D eigenvalue weighted by Crippen LogP contribution is -2.15. The molecule has 0 saturated carbocycles. The summed E-state index contributed by atoms with van der Waals surface area (Å²) in [6, 6.07) is 2.57. The highest BCUT2D eigenvalue weighted by molar-refractivity contribution is 9.11. The van der Waals surface area contributed by atoms with E-state index in [1.807, 2.05) is 0 Å². The maximum absolute atomic E-state index is 13.7. The first-order chi connectivity index (χ1) is 9.59. The predicted molar refractivity (Wildman–Crippen MR) is 80.1 cm³/mol. The van der Waals surface area contributed by atoms with Crippen molar-refractivity contribution in [1.82, 2.24) is 4.98 Å². The molecule has 0 aliphatic heterocycles. The fourth-order valence-corrected chi connectivity index (χ4v) is 4.57. The van der Waals surface area contributed by atoms with Crippen LogP contribution in [-0.2, 0) is 19.9 Å². The number of hydrogen-bond donors (Lipinski definition) is 1. The minimum atomic E-state index is -4.28. The van der Waals surface area contributed by atoms with E-state index < -0.39 is 30.6 Å². The van der Waals surface area contributed by atoms with Gasteiger partial charge < -0.3 is 0 Å². The van der Waals surface area contributed by atoms with Crippen molar-refractivity contribution in [3.63, 3.8) is 0 Å². The lowest BCUT2D eigenvalue weighted by atomic mass is 10.3. The van der Waals surface area contributed by atoms with Crippen molar-refractivity contribution in [2.75, 3.05) is 11.0 Å². The second-order valence-electron chi connectivity index (χ2n) is 3.94. The van der Waals surface area contributed by atoms with Crippen molar-refractivity contribution < 1.29 is 21.2 Å². The predicted octanol–water partition coefficient (Wildman–Crippen LogP) is 2.25. The summed E-state index contributed by atoms with van der Waals surface area (Å²) in [6.45, 7) is 0. The summed E-state index contributed by atoms with van der Waals surface area (Å²) >= 11 is 4.12. The highest BCUT2D eigenvalue weighted by Crippen LogP contribution is 2.27. The van der Waals surface area contributed by atoms with Gasteiger partial charge in [0.15, 0.2) is 15.0 Å². The SMILES string of the molecule is CS(=O)(=O)c1ccc(F)c(S(=O)(=O)Nc2ncc(Br)s2)c1. The Morgan fingerprint density at radius 2 is 1.95 bits per heavy atom. The molecule has 1 aromatic heterocycles. The van der Waals surface area contributed by atoms with E-state index in [4.69, 9.17) is 0 Å². The van der Waals surface area contributed by atoms with Crippen molar-refractivity contribution in [2.45, 2.75) is 9.79 Å². The molecule has 0 bridgehead atoms. The highest BCUT2D eigenvalue weighted by atomic mass is 79.9. The molecule has 0 unspecified atom stereocenters. The van der Waals surface area contributed by atoms with Gasteiger partial charge in [-0.1, -0.05) is 11.3 Å². The Labute approximate surface area is 133 Å². The van der Waals surface area contributed by atoms with Crippen molar-refractivity contribution >= 4 is 52.3 Å². The number of sulfonamides is 1. The fourth-order valence-electron chi connectivity index (χ4n) is 1.39. The van der Waals surface area contributed by atoms with Crippen LogP contribution >= 0.6 is 27.3 Å². The van der Waals surface area contributed by atoms with Crippen molar-refractivity contribution in [3.8, 4) is 0 Å². The Balaban J connectivity index is 2.49. The summed E-state index contributed by atoms with van der Waals surface area (Å²) in [7, 11) is -7.93. The van der Waals surface area contributed by atoms with Crippen LogP contribution in [0.3, 0.4) is 0 Å². The molecule has 1 heterocycles. The minimum Gasteiger partial charge on any atom is -0.255 e. The number of sulfone groups is 1. The standard InChI is InChI=1S/C10H8BrFN2O4S3/c1-20(15,16)6-2-3-7(12)8(4-6)21(17,18)14-10-13-5-9(11)19-10/h2-5H,1H3,(H,13,14). The topological polar surface area (TPSA) is 93.2 Å². The van der Waals surface area contributed by atoms with E-state index in [0.717, 1.165) is 35.8 Å². The molecule has 0 amide bonds. The highest BCUT2D eigenvalue weighted by Gasteiger charge is 2.23. The second-order valence-corrected chi connectivity index (χ2v) is 10.0. The molecule has 0 aliphatic carbocycles. The van der Waals surface area contributed by atoms with Crippen LogP contribution in [0.25, 0.3) is 0 Å². The van der Waals surface area contributed by atoms with Crippen LogP contribution in [0.1, 0.15) is 0 Å². The number of rotatable bonds is 4. The third-order valence-electron chi connectivity index (χ3n) is 2.32. The van der Waals surface area contributed by atoms with Gasteiger partial charge in [-0.05, 0) is 34.1 Å². The second kappa shape index (κ2) is 5.63. The molecule has 2 aromatic rings. The first-order valence-electron chi connectivity index (χ1n) is 5.23. The number of nitrogens with zero attached hydrogens (tertiary/aromatic N) is 1. The number of hydrogen-bond acceptors (Lipinski definition) is 6. The van der Waals surface area contributed by atoms with E-state index in [-0.39, 0.29) is 10.0 Å². The number of halogens is 2. The van der Waals surface area contributed by atoms with Gasteiger partial charge in [-0.2, -0.15) is 0 Å². The molecule has 2 rings (SSSR count). The van der Waals surface area contributed by atoms with Gasteiger partial charge >= 0.3 is 0 Å². The Morgan fingerprint density at radius 3 is 2.48 bits per heavy atom. The lowest BCUT2D eigenvalue weighted by Gasteiger charge is -2.07. The first kappa shape index (κ1) is 16.3. The summed E-state index contributed by atoms with van der Waals surface area (Å²) < 4.78 is 63.5. The Bertz CT molecular complexity index is 893. The largest absolute Gasteiger partial charge is 0.266 e. The van der Waals surface area contributed by atoms with Crippen molar-refractivity contribution in [2.24, 2.45) is 0 Å². The maximum Gasteiger partial charge on any atom is 0.266 e. The van der Waals surface area contributed by atoms with Crippen LogP contribution < -0.4 is 4.72 Å². The summed E-state index contributed by atoms with van der Waals surface area (Å²) in [5.74, 6) is -1.05. The smallest absolute Gasteiger partial charge is 0.255 e. The molecule has 114 valence electrons. The minimum absolute atomic E-state index is 0.0334. The molecule has 6 nitrogen and oxygen atoms in total. The van der Waals surface area contributed by atoms with E-state index in [9.17, 15) is 21.2 Å². The average molecular weight is 415 g/mol. The van der Waals surface area contributed by atoms with Crippen LogP contribution in [0.15, 0.2) is 38.0 Å². The van der Waals surface area contributed by atoms with Gasteiger partial charge in [0.25, 0.3) is 10.0 Å². The Kier molecular flexibility index (Phi) is 4.38. The van der Waals surface area contributed by atoms with Crippen molar-refractivity contribution in [3.05, 3.63) is 34.0 Å². The molecule has 0 atom stereocenters. The van der Waals surface area contributed by atoms with Gasteiger partial charge in [0.05, 0.1) is 14.9 Å². The molecular weight excluding hydrogens is 407 g/mol. The third-order valence-corrected chi connectivity index (χ3v) is 6.30. The maximum atomic E-state index is 13.7. The van der Waals surface area contributed by atoms with Gasteiger partial charge in [0, 0.05) is 6.26 Å². The zero-order chi connectivity index (χ0) is 15.8. The van der Waals surface area contributed by atoms with Gasteiger partial charge in [0.1, 0.15) is 10.7 Å². The van der Waals surface area contributed by atoms with Gasteiger partial charge in [-0.15, -0.1) is 0 Å². The quantitative estimate of drug-likeness (QED) is 0.774. The monoisotopic (exact) mass is 414 g/mol. The Morgan fingerprint density at radius 1 is 1.29 bits per heavy atom. The molecule has 11 heteroatoms. The average Bonchev–Trinajstić information content (AvgIpc) is 2.72. The summed E-state index contributed by atoms with van der Waals surface area (Å²) in [6.07, 6.45) is 2.29. The summed E-state index contributed by atoms with van der Waals surface area (Å²) in [5, 5.41) is 0.0334. The summed E-state index contributed by atoms with van der Waals surface area (Å²) in [4.78, 5) is 2.73. The zero-order valence-electron chi connectivity index (χ0n) is 10.4. The molecule has 1 N–H and O–H groups in total. The third kappa shape index (κ3) is 3.78. The normalized spacial score (nSPS) is 12.3. The molecule has 1 aromatic carbocycles. The van der Waals surface area contributed by atoms with Gasteiger partial charge in [-0.3, -0.25) is 4.72 Å². The number of nitrogens with one attached hydrogen (secondary N) is 1. The number of thiazole rings is 1. The van der Waals surface area contributed by atoms with Crippen LogP contribution in [0.5, 0.6) is 0 Å². The van der Waals surface area contributed by atoms with Crippen LogP contribution in [0.2, 0.25) is 0 Å². The van der Waals surface area contributed by atoms with Gasteiger partial charge in [-0.25, -0.2) is 26.2 Å². The summed E-state index contributed by atoms with van der Waals surface area (Å²) in [5.41, 5.74) is 0.